The van der Waals surface area contributed by atoms with E-state index in [0.29, 0.717) is 12.1 Å². The van der Waals surface area contributed by atoms with Crippen molar-refractivity contribution in [1.82, 2.24) is 5.32 Å². The first-order chi connectivity index (χ1) is 9.06. The number of nitrogens with one attached hydrogen (secondary N) is 1. The number of nitrogen functional groups attached to an aromatic ring is 1. The van der Waals surface area contributed by atoms with Crippen LogP contribution in [-0.2, 0) is 6.54 Å². The van der Waals surface area contributed by atoms with Crippen molar-refractivity contribution in [3.63, 3.8) is 0 Å². The van der Waals surface area contributed by atoms with Crippen LogP contribution >= 0.6 is 0 Å². The maximum atomic E-state index is 11.9. The van der Waals surface area contributed by atoms with Gasteiger partial charge >= 0.3 is 0 Å². The maximum absolute atomic E-state index is 11.9. The molecular formula is C15H16N2O2. The minimum atomic E-state index is -0.240. The van der Waals surface area contributed by atoms with Gasteiger partial charge < -0.3 is 16.2 Å². The third kappa shape index (κ3) is 3.25. The molecule has 2 rings (SSSR count). The molecule has 0 unspecified atom stereocenters. The fourth-order valence-corrected chi connectivity index (χ4v) is 1.68. The molecule has 0 saturated carbocycles. The van der Waals surface area contributed by atoms with Crippen LogP contribution in [0.3, 0.4) is 0 Å². The first-order valence-corrected chi connectivity index (χ1v) is 5.98. The third-order valence-corrected chi connectivity index (χ3v) is 2.87. The molecule has 0 fully saturated rings. The molecule has 19 heavy (non-hydrogen) atoms. The standard InChI is InChI=1S/C15H16N2O2/c1-10-2-4-11(5-3-10)9-17-15(19)12-6-7-13(16)14(18)8-12/h2-8,18H,9,16H2,1H3,(H,17,19). The van der Waals surface area contributed by atoms with Gasteiger partial charge in [0.1, 0.15) is 5.75 Å². The number of aryl methyl sites for hydroxylation is 1. The van der Waals surface area contributed by atoms with Crippen LogP contribution in [-0.4, -0.2) is 11.0 Å². The monoisotopic (exact) mass is 256 g/mol. The van der Waals surface area contributed by atoms with E-state index in [1.54, 1.807) is 6.07 Å². The Morgan fingerprint density at radius 1 is 1.21 bits per heavy atom. The highest BCUT2D eigenvalue weighted by molar-refractivity contribution is 5.95. The summed E-state index contributed by atoms with van der Waals surface area (Å²) in [6.07, 6.45) is 0. The van der Waals surface area contributed by atoms with Gasteiger partial charge in [-0.1, -0.05) is 29.8 Å². The van der Waals surface area contributed by atoms with Gasteiger partial charge in [0.15, 0.2) is 0 Å². The molecule has 0 spiro atoms. The molecule has 0 atom stereocenters. The molecule has 2 aromatic rings. The number of carbonyl (C=O) groups excluding carboxylic acids is 1. The third-order valence-electron chi connectivity index (χ3n) is 2.87. The molecule has 4 nitrogen and oxygen atoms in total. The Labute approximate surface area is 111 Å². The summed E-state index contributed by atoms with van der Waals surface area (Å²) in [7, 11) is 0. The molecule has 0 bridgehead atoms. The van der Waals surface area contributed by atoms with E-state index in [1.165, 1.54) is 17.7 Å². The predicted molar refractivity (Wildman–Crippen MR) is 74.9 cm³/mol. The molecule has 4 heteroatoms. The van der Waals surface area contributed by atoms with E-state index < -0.39 is 0 Å². The van der Waals surface area contributed by atoms with E-state index in [2.05, 4.69) is 5.32 Å². The molecule has 4 N–H and O–H groups in total. The summed E-state index contributed by atoms with van der Waals surface area (Å²) in [6.45, 7) is 2.46. The predicted octanol–water partition coefficient (Wildman–Crippen LogP) is 2.21. The van der Waals surface area contributed by atoms with Gasteiger partial charge in [0.25, 0.3) is 5.91 Å². The van der Waals surface area contributed by atoms with E-state index in [-0.39, 0.29) is 17.3 Å². The number of phenolic OH excluding ortho intramolecular Hbond substituents is 1. The second-order valence-corrected chi connectivity index (χ2v) is 4.44. The van der Waals surface area contributed by atoms with Gasteiger partial charge in [0, 0.05) is 12.1 Å². The van der Waals surface area contributed by atoms with Crippen LogP contribution in [0, 0.1) is 6.92 Å². The average molecular weight is 256 g/mol. The number of anilines is 1. The number of hydrogen-bond acceptors (Lipinski definition) is 3. The van der Waals surface area contributed by atoms with Crippen LogP contribution in [0.15, 0.2) is 42.5 Å². The lowest BCUT2D eigenvalue weighted by Crippen LogP contribution is -2.22. The molecular weight excluding hydrogens is 240 g/mol. The number of amides is 1. The fraction of sp³-hybridized carbons (Fsp3) is 0.133. The van der Waals surface area contributed by atoms with Crippen LogP contribution in [0.2, 0.25) is 0 Å². The molecule has 0 heterocycles. The lowest BCUT2D eigenvalue weighted by atomic mass is 10.1. The van der Waals surface area contributed by atoms with Crippen LogP contribution < -0.4 is 11.1 Å². The van der Waals surface area contributed by atoms with Gasteiger partial charge in [0.2, 0.25) is 0 Å². The molecule has 0 aromatic heterocycles. The average Bonchev–Trinajstić information content (AvgIpc) is 2.41. The zero-order valence-corrected chi connectivity index (χ0v) is 10.7. The van der Waals surface area contributed by atoms with E-state index in [1.807, 2.05) is 31.2 Å². The molecule has 0 aliphatic rings. The maximum Gasteiger partial charge on any atom is 0.251 e. The Morgan fingerprint density at radius 3 is 2.53 bits per heavy atom. The van der Waals surface area contributed by atoms with Crippen molar-refractivity contribution >= 4 is 11.6 Å². The van der Waals surface area contributed by atoms with Gasteiger partial charge in [-0.3, -0.25) is 4.79 Å². The molecule has 0 saturated heterocycles. The van der Waals surface area contributed by atoms with Crippen molar-refractivity contribution in [3.8, 4) is 5.75 Å². The zero-order valence-electron chi connectivity index (χ0n) is 10.7. The van der Waals surface area contributed by atoms with Crippen molar-refractivity contribution in [2.45, 2.75) is 13.5 Å². The quantitative estimate of drug-likeness (QED) is 0.582. The summed E-state index contributed by atoms with van der Waals surface area (Å²) in [5.74, 6) is -0.320. The van der Waals surface area contributed by atoms with Crippen molar-refractivity contribution < 1.29 is 9.90 Å². The Balaban J connectivity index is 2.01. The molecule has 1 amide bonds. The highest BCUT2D eigenvalue weighted by atomic mass is 16.3. The molecule has 0 aliphatic heterocycles. The van der Waals surface area contributed by atoms with Gasteiger partial charge in [-0.15, -0.1) is 0 Å². The van der Waals surface area contributed by atoms with Crippen LogP contribution in [0.1, 0.15) is 21.5 Å². The number of phenols is 1. The number of hydrogen-bond donors (Lipinski definition) is 3. The Hall–Kier alpha value is -2.49. The summed E-state index contributed by atoms with van der Waals surface area (Å²) in [5, 5.41) is 12.3. The highest BCUT2D eigenvalue weighted by Crippen LogP contribution is 2.20. The lowest BCUT2D eigenvalue weighted by Gasteiger charge is -2.07. The first kappa shape index (κ1) is 13.0. The van der Waals surface area contributed by atoms with E-state index in [9.17, 15) is 9.90 Å². The van der Waals surface area contributed by atoms with Crippen LogP contribution in [0.5, 0.6) is 5.75 Å². The smallest absolute Gasteiger partial charge is 0.251 e. The summed E-state index contributed by atoms with van der Waals surface area (Å²) in [6, 6.07) is 12.4. The number of rotatable bonds is 3. The van der Waals surface area contributed by atoms with E-state index in [4.69, 9.17) is 5.73 Å². The summed E-state index contributed by atoms with van der Waals surface area (Å²) in [5.41, 5.74) is 8.34. The van der Waals surface area contributed by atoms with Crippen molar-refractivity contribution in [1.29, 1.82) is 0 Å². The van der Waals surface area contributed by atoms with Crippen molar-refractivity contribution in [2.24, 2.45) is 0 Å². The molecule has 2 aromatic carbocycles. The lowest BCUT2D eigenvalue weighted by molar-refractivity contribution is 0.0950. The highest BCUT2D eigenvalue weighted by Gasteiger charge is 2.07. The Morgan fingerprint density at radius 2 is 1.89 bits per heavy atom. The van der Waals surface area contributed by atoms with Gasteiger partial charge in [-0.05, 0) is 30.7 Å². The van der Waals surface area contributed by atoms with Gasteiger partial charge in [-0.25, -0.2) is 0 Å². The SMILES string of the molecule is Cc1ccc(CNC(=O)c2ccc(N)c(O)c2)cc1. The molecule has 0 radical (unpaired) electrons. The number of benzene rings is 2. The second-order valence-electron chi connectivity index (χ2n) is 4.44. The minimum Gasteiger partial charge on any atom is -0.506 e. The second kappa shape index (κ2) is 5.44. The number of carbonyl (C=O) groups is 1. The zero-order chi connectivity index (χ0) is 13.8. The van der Waals surface area contributed by atoms with E-state index >= 15 is 0 Å². The first-order valence-electron chi connectivity index (χ1n) is 5.98. The van der Waals surface area contributed by atoms with E-state index in [0.717, 1.165) is 5.56 Å². The fourth-order valence-electron chi connectivity index (χ4n) is 1.68. The van der Waals surface area contributed by atoms with Gasteiger partial charge in [-0.2, -0.15) is 0 Å². The molecule has 0 aliphatic carbocycles. The topological polar surface area (TPSA) is 75.4 Å². The number of nitrogens with two attached hydrogens (primary N) is 1. The van der Waals surface area contributed by atoms with Crippen LogP contribution in [0.4, 0.5) is 5.69 Å². The minimum absolute atomic E-state index is 0.0806. The van der Waals surface area contributed by atoms with Crippen molar-refractivity contribution in [2.75, 3.05) is 5.73 Å². The normalized spacial score (nSPS) is 10.2. The summed E-state index contributed by atoms with van der Waals surface area (Å²) in [4.78, 5) is 11.9. The van der Waals surface area contributed by atoms with Gasteiger partial charge in [0.05, 0.1) is 5.69 Å². The number of aromatic hydroxyl groups is 1. The summed E-state index contributed by atoms with van der Waals surface area (Å²) >= 11 is 0. The largest absolute Gasteiger partial charge is 0.506 e. The Bertz CT molecular complexity index is 592. The Kier molecular flexibility index (Phi) is 3.71. The van der Waals surface area contributed by atoms with Crippen LogP contribution in [0.25, 0.3) is 0 Å². The summed E-state index contributed by atoms with van der Waals surface area (Å²) < 4.78 is 0. The van der Waals surface area contributed by atoms with Crippen molar-refractivity contribution in [3.05, 3.63) is 59.2 Å². The molecule has 98 valence electrons.